The Morgan fingerprint density at radius 2 is 2.24 bits per heavy atom. The Bertz CT molecular complexity index is 676. The van der Waals surface area contributed by atoms with Gasteiger partial charge in [-0.15, -0.1) is 0 Å². The molecule has 5 nitrogen and oxygen atoms in total. The average Bonchev–Trinajstić information content (AvgIpc) is 2.98. The number of benzene rings is 1. The molecule has 0 amide bonds. The first kappa shape index (κ1) is 13.8. The van der Waals surface area contributed by atoms with Gasteiger partial charge in [0.05, 0.1) is 19.1 Å². The molecule has 1 aliphatic rings. The zero-order chi connectivity index (χ0) is 14.7. The molecule has 1 aliphatic heterocycles. The first-order valence-electron chi connectivity index (χ1n) is 6.39. The van der Waals surface area contributed by atoms with Crippen LogP contribution in [0.3, 0.4) is 0 Å². The van der Waals surface area contributed by atoms with Gasteiger partial charge in [0.25, 0.3) is 0 Å². The molecule has 106 valence electrons. The van der Waals surface area contributed by atoms with Gasteiger partial charge in [0.2, 0.25) is 0 Å². The molecular formula is C15H12BrN3O2. The number of aliphatic imine (C=N–C) groups is 1. The van der Waals surface area contributed by atoms with E-state index in [-0.39, 0.29) is 5.97 Å². The number of carbonyl (C=O) groups is 1. The van der Waals surface area contributed by atoms with Crippen molar-refractivity contribution in [1.82, 2.24) is 4.98 Å². The van der Waals surface area contributed by atoms with Crippen LogP contribution in [0.1, 0.15) is 0 Å². The topological polar surface area (TPSA) is 54.8 Å². The molecule has 0 N–H and O–H groups in total. The fraction of sp³-hybridized carbons (Fsp3) is 0.133. The van der Waals surface area contributed by atoms with Crippen molar-refractivity contribution in [2.45, 2.75) is 6.04 Å². The monoisotopic (exact) mass is 345 g/mol. The third-order valence-corrected chi connectivity index (χ3v) is 3.51. The second kappa shape index (κ2) is 6.05. The van der Waals surface area contributed by atoms with Crippen molar-refractivity contribution < 1.29 is 9.53 Å². The molecule has 1 unspecified atom stereocenters. The number of aromatic nitrogens is 1. The van der Waals surface area contributed by atoms with Crippen molar-refractivity contribution in [2.75, 3.05) is 11.4 Å². The van der Waals surface area contributed by atoms with Gasteiger partial charge in [-0.05, 0) is 30.3 Å². The summed E-state index contributed by atoms with van der Waals surface area (Å²) in [5.74, 6) is 0.0513. The minimum atomic E-state index is -0.524. The van der Waals surface area contributed by atoms with E-state index in [4.69, 9.17) is 4.74 Å². The van der Waals surface area contributed by atoms with Gasteiger partial charge in [0.1, 0.15) is 5.75 Å². The van der Waals surface area contributed by atoms with E-state index < -0.39 is 6.04 Å². The molecule has 0 spiro atoms. The SMILES string of the molecule is O=C(Oc1cccnc1)C1CN(c2cccc(Br)c2)C=N1. The quantitative estimate of drug-likeness (QED) is 0.802. The Labute approximate surface area is 130 Å². The van der Waals surface area contributed by atoms with Crippen LogP contribution in [-0.4, -0.2) is 29.9 Å². The summed E-state index contributed by atoms with van der Waals surface area (Å²) in [5.41, 5.74) is 0.977. The molecule has 1 aromatic carbocycles. The third kappa shape index (κ3) is 3.28. The second-order valence-electron chi connectivity index (χ2n) is 4.52. The molecule has 6 heteroatoms. The van der Waals surface area contributed by atoms with Gasteiger partial charge in [-0.3, -0.25) is 9.98 Å². The van der Waals surface area contributed by atoms with E-state index in [0.29, 0.717) is 12.3 Å². The van der Waals surface area contributed by atoms with E-state index in [0.717, 1.165) is 10.2 Å². The summed E-state index contributed by atoms with van der Waals surface area (Å²) in [6.45, 7) is 0.468. The summed E-state index contributed by atoms with van der Waals surface area (Å²) in [5, 5.41) is 0. The van der Waals surface area contributed by atoms with Crippen LogP contribution >= 0.6 is 15.9 Å². The van der Waals surface area contributed by atoms with Crippen LogP contribution in [0.4, 0.5) is 5.69 Å². The number of anilines is 1. The van der Waals surface area contributed by atoms with Crippen LogP contribution in [0.25, 0.3) is 0 Å². The summed E-state index contributed by atoms with van der Waals surface area (Å²) >= 11 is 3.43. The van der Waals surface area contributed by atoms with Gasteiger partial charge in [0.15, 0.2) is 6.04 Å². The first-order valence-corrected chi connectivity index (χ1v) is 7.19. The molecule has 1 aromatic heterocycles. The second-order valence-corrected chi connectivity index (χ2v) is 5.44. The number of carbonyl (C=O) groups excluding carboxylic acids is 1. The molecule has 0 radical (unpaired) electrons. The van der Waals surface area contributed by atoms with Gasteiger partial charge in [0, 0.05) is 16.4 Å². The Balaban J connectivity index is 1.65. The van der Waals surface area contributed by atoms with Gasteiger partial charge in [-0.2, -0.15) is 0 Å². The van der Waals surface area contributed by atoms with Crippen LogP contribution < -0.4 is 9.64 Å². The molecule has 0 bridgehead atoms. The predicted molar refractivity (Wildman–Crippen MR) is 83.6 cm³/mol. The smallest absolute Gasteiger partial charge is 0.338 e. The van der Waals surface area contributed by atoms with Crippen LogP contribution in [-0.2, 0) is 4.79 Å². The van der Waals surface area contributed by atoms with Crippen LogP contribution in [0.5, 0.6) is 5.75 Å². The maximum Gasteiger partial charge on any atom is 0.338 e. The normalized spacial score (nSPS) is 17.0. The van der Waals surface area contributed by atoms with Crippen LogP contribution in [0.15, 0.2) is 58.3 Å². The molecule has 1 atom stereocenters. The molecule has 0 saturated carbocycles. The summed E-state index contributed by atoms with van der Waals surface area (Å²) in [4.78, 5) is 22.1. The average molecular weight is 346 g/mol. The molecule has 2 aromatic rings. The largest absolute Gasteiger partial charge is 0.423 e. The number of pyridine rings is 1. The van der Waals surface area contributed by atoms with E-state index in [9.17, 15) is 4.79 Å². The molecule has 3 rings (SSSR count). The first-order chi connectivity index (χ1) is 10.2. The lowest BCUT2D eigenvalue weighted by Gasteiger charge is -2.16. The Hall–Kier alpha value is -2.21. The minimum absolute atomic E-state index is 0.378. The molecule has 2 heterocycles. The number of halogens is 1. The minimum Gasteiger partial charge on any atom is -0.423 e. The van der Waals surface area contributed by atoms with Crippen LogP contribution in [0.2, 0.25) is 0 Å². The highest BCUT2D eigenvalue weighted by atomic mass is 79.9. The zero-order valence-electron chi connectivity index (χ0n) is 11.0. The highest BCUT2D eigenvalue weighted by Crippen LogP contribution is 2.22. The summed E-state index contributed by atoms with van der Waals surface area (Å²) in [6, 6.07) is 10.7. The van der Waals surface area contributed by atoms with E-state index in [1.165, 1.54) is 6.20 Å². The van der Waals surface area contributed by atoms with Gasteiger partial charge >= 0.3 is 5.97 Å². The summed E-state index contributed by atoms with van der Waals surface area (Å²) < 4.78 is 6.24. The fourth-order valence-electron chi connectivity index (χ4n) is 2.00. The van der Waals surface area contributed by atoms with Crippen molar-refractivity contribution >= 4 is 33.9 Å². The number of hydrogen-bond donors (Lipinski definition) is 0. The lowest BCUT2D eigenvalue weighted by Crippen LogP contribution is -2.31. The maximum atomic E-state index is 12.1. The van der Waals surface area contributed by atoms with Gasteiger partial charge in [-0.1, -0.05) is 22.0 Å². The van der Waals surface area contributed by atoms with Crippen molar-refractivity contribution in [1.29, 1.82) is 0 Å². The number of ether oxygens (including phenoxy) is 1. The van der Waals surface area contributed by atoms with E-state index in [2.05, 4.69) is 25.9 Å². The summed E-state index contributed by atoms with van der Waals surface area (Å²) in [7, 11) is 0. The standard InChI is InChI=1S/C15H12BrN3O2/c16-11-3-1-4-12(7-11)19-9-14(18-10-19)15(20)21-13-5-2-6-17-8-13/h1-8,10,14H,9H2. The zero-order valence-corrected chi connectivity index (χ0v) is 12.6. The maximum absolute atomic E-state index is 12.1. The molecule has 21 heavy (non-hydrogen) atoms. The van der Waals surface area contributed by atoms with Crippen molar-refractivity contribution in [2.24, 2.45) is 4.99 Å². The van der Waals surface area contributed by atoms with Crippen molar-refractivity contribution in [3.05, 3.63) is 53.3 Å². The van der Waals surface area contributed by atoms with E-state index in [1.54, 1.807) is 24.7 Å². The number of esters is 1. The molecule has 0 aliphatic carbocycles. The fourth-order valence-corrected chi connectivity index (χ4v) is 2.38. The molecular weight excluding hydrogens is 334 g/mol. The van der Waals surface area contributed by atoms with Gasteiger partial charge in [-0.25, -0.2) is 4.79 Å². The summed E-state index contributed by atoms with van der Waals surface area (Å²) in [6.07, 6.45) is 4.79. The number of rotatable bonds is 3. The Morgan fingerprint density at radius 1 is 1.33 bits per heavy atom. The third-order valence-electron chi connectivity index (χ3n) is 3.02. The lowest BCUT2D eigenvalue weighted by molar-refractivity contribution is -0.135. The lowest BCUT2D eigenvalue weighted by atomic mass is 10.2. The van der Waals surface area contributed by atoms with Crippen molar-refractivity contribution in [3.8, 4) is 5.75 Å². The van der Waals surface area contributed by atoms with Gasteiger partial charge < -0.3 is 9.64 Å². The Kier molecular flexibility index (Phi) is 3.96. The molecule has 0 fully saturated rings. The highest BCUT2D eigenvalue weighted by molar-refractivity contribution is 9.10. The highest BCUT2D eigenvalue weighted by Gasteiger charge is 2.27. The van der Waals surface area contributed by atoms with E-state index in [1.807, 2.05) is 29.2 Å². The van der Waals surface area contributed by atoms with Crippen molar-refractivity contribution in [3.63, 3.8) is 0 Å². The van der Waals surface area contributed by atoms with E-state index >= 15 is 0 Å². The Morgan fingerprint density at radius 3 is 3.00 bits per heavy atom. The number of nitrogens with zero attached hydrogens (tertiary/aromatic N) is 3. The number of hydrogen-bond acceptors (Lipinski definition) is 5. The van der Waals surface area contributed by atoms with Crippen LogP contribution in [0, 0.1) is 0 Å². The predicted octanol–water partition coefficient (Wildman–Crippen LogP) is 2.67. The molecule has 0 saturated heterocycles.